The molecule has 112 valence electrons. The van der Waals surface area contributed by atoms with Gasteiger partial charge in [-0.1, -0.05) is 33.8 Å². The van der Waals surface area contributed by atoms with Crippen LogP contribution in [0.25, 0.3) is 0 Å². The maximum Gasteiger partial charge on any atom is 0.310 e. The monoisotopic (exact) mass is 280 g/mol. The van der Waals surface area contributed by atoms with Gasteiger partial charge >= 0.3 is 5.69 Å². The van der Waals surface area contributed by atoms with Gasteiger partial charge in [-0.25, -0.2) is 0 Å². The highest BCUT2D eigenvalue weighted by atomic mass is 16.6. The predicted octanol–water partition coefficient (Wildman–Crippen LogP) is 3.52. The lowest BCUT2D eigenvalue weighted by Crippen LogP contribution is -2.21. The maximum absolute atomic E-state index is 11.0. The van der Waals surface area contributed by atoms with Crippen LogP contribution >= 0.6 is 0 Å². The Morgan fingerprint density at radius 3 is 2.55 bits per heavy atom. The summed E-state index contributed by atoms with van der Waals surface area (Å²) in [6.07, 6.45) is 0.881. The molecule has 0 aliphatic rings. The van der Waals surface area contributed by atoms with Crippen molar-refractivity contribution in [3.05, 3.63) is 33.9 Å². The van der Waals surface area contributed by atoms with Crippen LogP contribution in [0.5, 0.6) is 5.75 Å². The highest BCUT2D eigenvalue weighted by Crippen LogP contribution is 2.28. The van der Waals surface area contributed by atoms with Crippen LogP contribution in [0.15, 0.2) is 18.2 Å². The second-order valence-electron chi connectivity index (χ2n) is 5.63. The number of hydrogen-bond donors (Lipinski definition) is 1. The Morgan fingerprint density at radius 1 is 1.30 bits per heavy atom. The second kappa shape index (κ2) is 7.85. The van der Waals surface area contributed by atoms with Gasteiger partial charge in [0.2, 0.25) is 0 Å². The van der Waals surface area contributed by atoms with Crippen molar-refractivity contribution >= 4 is 5.69 Å². The molecule has 1 rings (SSSR count). The average Bonchev–Trinajstić information content (AvgIpc) is 2.35. The third kappa shape index (κ3) is 5.57. The van der Waals surface area contributed by atoms with Gasteiger partial charge in [-0.05, 0) is 24.0 Å². The largest absolute Gasteiger partial charge is 0.487 e. The first-order chi connectivity index (χ1) is 9.40. The van der Waals surface area contributed by atoms with Crippen molar-refractivity contribution in [2.24, 2.45) is 5.92 Å². The molecule has 0 radical (unpaired) electrons. The summed E-state index contributed by atoms with van der Waals surface area (Å²) in [7, 11) is 0. The molecule has 0 aliphatic carbocycles. The molecule has 0 aromatic heterocycles. The van der Waals surface area contributed by atoms with Gasteiger partial charge in [0.25, 0.3) is 0 Å². The summed E-state index contributed by atoms with van der Waals surface area (Å²) in [5.74, 6) is 0.874. The number of nitrogens with one attached hydrogen (secondary N) is 1. The minimum atomic E-state index is -0.398. The van der Waals surface area contributed by atoms with E-state index in [-0.39, 0.29) is 5.69 Å². The minimum absolute atomic E-state index is 0.0297. The molecule has 0 bridgehead atoms. The van der Waals surface area contributed by atoms with E-state index >= 15 is 0 Å². The maximum atomic E-state index is 11.0. The van der Waals surface area contributed by atoms with Crippen molar-refractivity contribution in [2.75, 3.05) is 6.61 Å². The molecule has 0 spiro atoms. The fourth-order valence-corrected chi connectivity index (χ4v) is 1.66. The molecule has 0 saturated carbocycles. The van der Waals surface area contributed by atoms with Gasteiger partial charge in [-0.15, -0.1) is 0 Å². The van der Waals surface area contributed by atoms with Crippen LogP contribution < -0.4 is 10.1 Å². The molecule has 20 heavy (non-hydrogen) atoms. The van der Waals surface area contributed by atoms with Crippen LogP contribution in [-0.2, 0) is 6.54 Å². The Hall–Kier alpha value is -1.62. The molecule has 5 nitrogen and oxygen atoms in total. The number of nitro benzene ring substituents is 1. The molecule has 0 saturated heterocycles. The zero-order valence-corrected chi connectivity index (χ0v) is 12.7. The van der Waals surface area contributed by atoms with Crippen molar-refractivity contribution in [1.29, 1.82) is 0 Å². The molecular formula is C15H24N2O3. The Balaban J connectivity index is 2.79. The number of rotatable bonds is 8. The van der Waals surface area contributed by atoms with Crippen molar-refractivity contribution in [3.8, 4) is 5.75 Å². The van der Waals surface area contributed by atoms with Gasteiger partial charge in [-0.3, -0.25) is 10.1 Å². The molecule has 0 amide bonds. The normalized spacial score (nSPS) is 11.1. The van der Waals surface area contributed by atoms with Crippen LogP contribution in [0.1, 0.15) is 39.7 Å². The van der Waals surface area contributed by atoms with Gasteiger partial charge in [-0.2, -0.15) is 0 Å². The summed E-state index contributed by atoms with van der Waals surface area (Å²) in [4.78, 5) is 10.6. The van der Waals surface area contributed by atoms with Crippen LogP contribution in [0.3, 0.4) is 0 Å². The molecule has 0 atom stereocenters. The quantitative estimate of drug-likeness (QED) is 0.584. The van der Waals surface area contributed by atoms with Crippen molar-refractivity contribution in [2.45, 2.75) is 46.7 Å². The number of benzene rings is 1. The molecule has 0 unspecified atom stereocenters. The van der Waals surface area contributed by atoms with Gasteiger partial charge in [0.05, 0.1) is 11.5 Å². The fourth-order valence-electron chi connectivity index (χ4n) is 1.66. The predicted molar refractivity (Wildman–Crippen MR) is 80.0 cm³/mol. The number of hydrogen-bond acceptors (Lipinski definition) is 4. The van der Waals surface area contributed by atoms with E-state index in [1.807, 2.05) is 0 Å². The highest BCUT2D eigenvalue weighted by Gasteiger charge is 2.15. The van der Waals surface area contributed by atoms with Gasteiger partial charge < -0.3 is 10.1 Å². The Labute approximate surface area is 120 Å². The van der Waals surface area contributed by atoms with E-state index < -0.39 is 4.92 Å². The number of nitrogens with zero attached hydrogens (tertiary/aromatic N) is 1. The van der Waals surface area contributed by atoms with Crippen molar-refractivity contribution in [1.82, 2.24) is 5.32 Å². The molecular weight excluding hydrogens is 256 g/mol. The lowest BCUT2D eigenvalue weighted by Gasteiger charge is -2.11. The highest BCUT2D eigenvalue weighted by molar-refractivity contribution is 5.48. The summed E-state index contributed by atoms with van der Waals surface area (Å²) in [5, 5.41) is 14.3. The van der Waals surface area contributed by atoms with Gasteiger partial charge in [0.1, 0.15) is 0 Å². The topological polar surface area (TPSA) is 64.4 Å². The first-order valence-electron chi connectivity index (χ1n) is 7.03. The molecule has 1 aromatic rings. The average molecular weight is 280 g/mol. The summed E-state index contributed by atoms with van der Waals surface area (Å²) >= 11 is 0. The van der Waals surface area contributed by atoms with Crippen LogP contribution in [0, 0.1) is 16.0 Å². The van der Waals surface area contributed by atoms with Crippen LogP contribution in [0.2, 0.25) is 0 Å². The van der Waals surface area contributed by atoms with E-state index in [1.165, 1.54) is 6.07 Å². The smallest absolute Gasteiger partial charge is 0.310 e. The lowest BCUT2D eigenvalue weighted by atomic mass is 10.1. The summed E-state index contributed by atoms with van der Waals surface area (Å²) in [6.45, 7) is 9.49. The number of nitro groups is 1. The summed E-state index contributed by atoms with van der Waals surface area (Å²) in [6, 6.07) is 5.41. The molecule has 0 fully saturated rings. The lowest BCUT2D eigenvalue weighted by molar-refractivity contribution is -0.385. The summed E-state index contributed by atoms with van der Waals surface area (Å²) in [5.41, 5.74) is 1.02. The van der Waals surface area contributed by atoms with Crippen LogP contribution in [0.4, 0.5) is 5.69 Å². The van der Waals surface area contributed by atoms with E-state index in [0.717, 1.165) is 12.0 Å². The standard InChI is InChI=1S/C15H24N2O3/c1-11(2)7-8-20-15-9-13(10-16-12(3)4)5-6-14(15)17(18)19/h5-6,9,11-12,16H,7-8,10H2,1-4H3. The second-order valence-corrected chi connectivity index (χ2v) is 5.63. The van der Waals surface area contributed by atoms with E-state index in [2.05, 4.69) is 33.0 Å². The molecule has 0 aliphatic heterocycles. The van der Waals surface area contributed by atoms with Gasteiger partial charge in [0.15, 0.2) is 5.75 Å². The third-order valence-corrected chi connectivity index (χ3v) is 2.89. The Morgan fingerprint density at radius 2 is 2.00 bits per heavy atom. The molecule has 5 heteroatoms. The van der Waals surface area contributed by atoms with E-state index in [0.29, 0.717) is 30.9 Å². The van der Waals surface area contributed by atoms with Crippen molar-refractivity contribution < 1.29 is 9.66 Å². The molecule has 1 N–H and O–H groups in total. The zero-order valence-electron chi connectivity index (χ0n) is 12.7. The Bertz CT molecular complexity index is 445. The SMILES string of the molecule is CC(C)CCOc1cc(CNC(C)C)ccc1[N+](=O)[O-]. The molecule has 1 aromatic carbocycles. The zero-order chi connectivity index (χ0) is 15.1. The van der Waals surface area contributed by atoms with Gasteiger partial charge in [0, 0.05) is 18.7 Å². The van der Waals surface area contributed by atoms with Crippen molar-refractivity contribution in [3.63, 3.8) is 0 Å². The van der Waals surface area contributed by atoms with E-state index in [9.17, 15) is 10.1 Å². The Kier molecular flexibility index (Phi) is 6.45. The first kappa shape index (κ1) is 16.4. The fraction of sp³-hybridized carbons (Fsp3) is 0.600. The minimum Gasteiger partial charge on any atom is -0.487 e. The van der Waals surface area contributed by atoms with Crippen LogP contribution in [-0.4, -0.2) is 17.6 Å². The molecule has 0 heterocycles. The van der Waals surface area contributed by atoms with E-state index in [1.54, 1.807) is 12.1 Å². The van der Waals surface area contributed by atoms with E-state index in [4.69, 9.17) is 4.74 Å². The third-order valence-electron chi connectivity index (χ3n) is 2.89. The summed E-state index contributed by atoms with van der Waals surface area (Å²) < 4.78 is 5.59. The number of ether oxygens (including phenoxy) is 1. The first-order valence-corrected chi connectivity index (χ1v) is 7.03.